The molecule has 0 bridgehead atoms. The van der Waals surface area contributed by atoms with Crippen LogP contribution in [0.4, 0.5) is 4.79 Å². The van der Waals surface area contributed by atoms with Gasteiger partial charge in [0.25, 0.3) is 0 Å². The Morgan fingerprint density at radius 3 is 2.71 bits per heavy atom. The highest BCUT2D eigenvalue weighted by Crippen LogP contribution is 2.27. The fraction of sp³-hybridized carbons (Fsp3) is 0.643. The molecule has 1 heterocycles. The van der Waals surface area contributed by atoms with E-state index in [0.717, 1.165) is 25.7 Å². The number of imidazole rings is 1. The van der Waals surface area contributed by atoms with Crippen LogP contribution in [0.15, 0.2) is 12.5 Å². The Morgan fingerprint density at radius 2 is 2.14 bits per heavy atom. The summed E-state index contributed by atoms with van der Waals surface area (Å²) in [6.45, 7) is 2.01. The molecule has 1 aromatic rings. The van der Waals surface area contributed by atoms with Crippen molar-refractivity contribution in [2.24, 2.45) is 0 Å². The standard InChI is InChI=1S/C14H22N4O3/c1-14(5-3-2-4-6-14)18-13(21)17-11(12(19)20)7-10-8-15-9-16-10/h8-9,11H,2-7H2,1H3,(H,15,16)(H,19,20)(H2,17,18,21)/t11-/m1/s1. The molecule has 1 saturated carbocycles. The SMILES string of the molecule is CC1(NC(=O)N[C@H](Cc2cnc[nH]2)C(=O)O)CCCCC1. The maximum absolute atomic E-state index is 12.0. The fourth-order valence-electron chi connectivity index (χ4n) is 2.74. The van der Waals surface area contributed by atoms with Gasteiger partial charge in [0.1, 0.15) is 6.04 Å². The molecule has 0 radical (unpaired) electrons. The number of hydrogen-bond acceptors (Lipinski definition) is 3. The molecule has 0 spiro atoms. The Kier molecular flexibility index (Phi) is 4.82. The Labute approximate surface area is 123 Å². The first-order chi connectivity index (χ1) is 9.98. The van der Waals surface area contributed by atoms with Crippen molar-refractivity contribution in [1.82, 2.24) is 20.6 Å². The summed E-state index contributed by atoms with van der Waals surface area (Å²) in [6, 6.07) is -1.40. The van der Waals surface area contributed by atoms with Crippen LogP contribution in [0.5, 0.6) is 0 Å². The highest BCUT2D eigenvalue weighted by Gasteiger charge is 2.30. The molecule has 1 aromatic heterocycles. The summed E-state index contributed by atoms with van der Waals surface area (Å²) in [5.74, 6) is -1.06. The quantitative estimate of drug-likeness (QED) is 0.659. The highest BCUT2D eigenvalue weighted by atomic mass is 16.4. The number of carboxylic acid groups (broad SMARTS) is 1. The molecule has 0 unspecified atom stereocenters. The van der Waals surface area contributed by atoms with Crippen LogP contribution in [-0.4, -0.2) is 38.7 Å². The number of carboxylic acids is 1. The molecule has 1 aliphatic rings. The summed E-state index contributed by atoms with van der Waals surface area (Å²) in [7, 11) is 0. The second-order valence-corrected chi connectivity index (χ2v) is 5.89. The average molecular weight is 294 g/mol. The third-order valence-electron chi connectivity index (χ3n) is 3.95. The molecule has 1 aliphatic carbocycles. The summed E-state index contributed by atoms with van der Waals surface area (Å²) < 4.78 is 0. The number of rotatable bonds is 5. The van der Waals surface area contributed by atoms with Crippen LogP contribution >= 0.6 is 0 Å². The monoisotopic (exact) mass is 294 g/mol. The van der Waals surface area contributed by atoms with Crippen LogP contribution in [0.3, 0.4) is 0 Å². The Balaban J connectivity index is 1.90. The zero-order chi connectivity index (χ0) is 15.3. The van der Waals surface area contributed by atoms with Gasteiger partial charge in [-0.3, -0.25) is 0 Å². The summed E-state index contributed by atoms with van der Waals surface area (Å²) in [6.07, 6.45) is 8.45. The van der Waals surface area contributed by atoms with Crippen LogP contribution in [0, 0.1) is 0 Å². The van der Waals surface area contributed by atoms with Crippen molar-refractivity contribution in [2.45, 2.75) is 57.0 Å². The van der Waals surface area contributed by atoms with E-state index >= 15 is 0 Å². The number of aromatic nitrogens is 2. The number of carbonyl (C=O) groups excluding carboxylic acids is 1. The van der Waals surface area contributed by atoms with Crippen LogP contribution in [0.2, 0.25) is 0 Å². The van der Waals surface area contributed by atoms with Gasteiger partial charge in [-0.05, 0) is 19.8 Å². The highest BCUT2D eigenvalue weighted by molar-refractivity contribution is 5.83. The molecule has 1 atom stereocenters. The van der Waals surface area contributed by atoms with E-state index in [1.165, 1.54) is 12.7 Å². The van der Waals surface area contributed by atoms with Crippen molar-refractivity contribution in [3.63, 3.8) is 0 Å². The van der Waals surface area contributed by atoms with Crippen LogP contribution in [0.25, 0.3) is 0 Å². The molecular formula is C14H22N4O3. The van der Waals surface area contributed by atoms with Gasteiger partial charge in [-0.25, -0.2) is 14.6 Å². The number of nitrogens with one attached hydrogen (secondary N) is 3. The Hall–Kier alpha value is -2.05. The zero-order valence-electron chi connectivity index (χ0n) is 12.2. The van der Waals surface area contributed by atoms with E-state index in [-0.39, 0.29) is 12.0 Å². The normalized spacial score (nSPS) is 18.7. The van der Waals surface area contributed by atoms with E-state index in [0.29, 0.717) is 5.69 Å². The molecule has 116 valence electrons. The third-order valence-corrected chi connectivity index (χ3v) is 3.95. The van der Waals surface area contributed by atoms with Crippen LogP contribution in [-0.2, 0) is 11.2 Å². The summed E-state index contributed by atoms with van der Waals surface area (Å²) in [5.41, 5.74) is 0.436. The average Bonchev–Trinajstić information content (AvgIpc) is 2.91. The minimum Gasteiger partial charge on any atom is -0.480 e. The third kappa shape index (κ3) is 4.47. The number of aliphatic carboxylic acids is 1. The zero-order valence-corrected chi connectivity index (χ0v) is 12.2. The summed E-state index contributed by atoms with van der Waals surface area (Å²) in [4.78, 5) is 30.0. The number of carbonyl (C=O) groups is 2. The van der Waals surface area contributed by atoms with Crippen LogP contribution in [0.1, 0.15) is 44.7 Å². The van der Waals surface area contributed by atoms with Gasteiger partial charge in [-0.15, -0.1) is 0 Å². The van der Waals surface area contributed by atoms with Crippen molar-refractivity contribution in [2.75, 3.05) is 0 Å². The maximum atomic E-state index is 12.0. The lowest BCUT2D eigenvalue weighted by Gasteiger charge is -2.34. The topological polar surface area (TPSA) is 107 Å². The van der Waals surface area contributed by atoms with E-state index in [1.54, 1.807) is 6.20 Å². The number of aromatic amines is 1. The molecule has 1 fully saturated rings. The molecule has 0 aliphatic heterocycles. The lowest BCUT2D eigenvalue weighted by atomic mass is 9.83. The van der Waals surface area contributed by atoms with Crippen molar-refractivity contribution < 1.29 is 14.7 Å². The van der Waals surface area contributed by atoms with Gasteiger partial charge in [0.05, 0.1) is 6.33 Å². The fourth-order valence-corrected chi connectivity index (χ4v) is 2.74. The first kappa shape index (κ1) is 15.3. The molecule has 7 heteroatoms. The second-order valence-electron chi connectivity index (χ2n) is 5.89. The molecule has 0 saturated heterocycles. The molecule has 0 aromatic carbocycles. The minimum atomic E-state index is -1.06. The Bertz CT molecular complexity index is 480. The van der Waals surface area contributed by atoms with E-state index < -0.39 is 18.0 Å². The summed E-state index contributed by atoms with van der Waals surface area (Å²) >= 11 is 0. The summed E-state index contributed by atoms with van der Waals surface area (Å²) in [5, 5.41) is 14.7. The van der Waals surface area contributed by atoms with E-state index in [4.69, 9.17) is 0 Å². The largest absolute Gasteiger partial charge is 0.480 e. The predicted octanol–water partition coefficient (Wildman–Crippen LogP) is 1.43. The molecule has 2 rings (SSSR count). The van der Waals surface area contributed by atoms with Gasteiger partial charge >= 0.3 is 12.0 Å². The van der Waals surface area contributed by atoms with E-state index in [9.17, 15) is 14.7 Å². The molecule has 21 heavy (non-hydrogen) atoms. The van der Waals surface area contributed by atoms with Crippen molar-refractivity contribution in [1.29, 1.82) is 0 Å². The molecule has 2 amide bonds. The van der Waals surface area contributed by atoms with Crippen molar-refractivity contribution in [3.8, 4) is 0 Å². The predicted molar refractivity (Wildman–Crippen MR) is 76.9 cm³/mol. The molecule has 4 N–H and O–H groups in total. The second kappa shape index (κ2) is 6.60. The smallest absolute Gasteiger partial charge is 0.326 e. The lowest BCUT2D eigenvalue weighted by molar-refractivity contribution is -0.139. The first-order valence-corrected chi connectivity index (χ1v) is 7.27. The number of urea groups is 1. The number of amides is 2. The van der Waals surface area contributed by atoms with Crippen molar-refractivity contribution >= 4 is 12.0 Å². The minimum absolute atomic E-state index is 0.180. The maximum Gasteiger partial charge on any atom is 0.326 e. The van der Waals surface area contributed by atoms with Gasteiger partial charge in [0.15, 0.2) is 0 Å². The van der Waals surface area contributed by atoms with E-state index in [1.807, 2.05) is 6.92 Å². The lowest BCUT2D eigenvalue weighted by Crippen LogP contribution is -2.55. The van der Waals surface area contributed by atoms with Gasteiger partial charge in [-0.2, -0.15) is 0 Å². The van der Waals surface area contributed by atoms with Crippen LogP contribution < -0.4 is 10.6 Å². The molecule has 7 nitrogen and oxygen atoms in total. The van der Waals surface area contributed by atoms with Crippen molar-refractivity contribution in [3.05, 3.63) is 18.2 Å². The van der Waals surface area contributed by atoms with Gasteiger partial charge < -0.3 is 20.7 Å². The Morgan fingerprint density at radius 1 is 1.43 bits per heavy atom. The number of H-pyrrole nitrogens is 1. The van der Waals surface area contributed by atoms with Gasteiger partial charge in [0, 0.05) is 23.9 Å². The number of hydrogen-bond donors (Lipinski definition) is 4. The first-order valence-electron chi connectivity index (χ1n) is 7.27. The molecular weight excluding hydrogens is 272 g/mol. The van der Waals surface area contributed by atoms with Gasteiger partial charge in [-0.1, -0.05) is 19.3 Å². The van der Waals surface area contributed by atoms with Gasteiger partial charge in [0.2, 0.25) is 0 Å². The number of nitrogens with zero attached hydrogens (tertiary/aromatic N) is 1. The van der Waals surface area contributed by atoms with E-state index in [2.05, 4.69) is 20.6 Å².